The van der Waals surface area contributed by atoms with Gasteiger partial charge in [0.1, 0.15) is 12.5 Å². The second-order valence-corrected chi connectivity index (χ2v) is 8.77. The fourth-order valence-corrected chi connectivity index (χ4v) is 4.79. The summed E-state index contributed by atoms with van der Waals surface area (Å²) in [6, 6.07) is 0. The molecule has 2 saturated heterocycles. The molecular formula is C24H45NO2. The Morgan fingerprint density at radius 3 is 1.67 bits per heavy atom. The van der Waals surface area contributed by atoms with Crippen LogP contribution in [0, 0.1) is 0 Å². The summed E-state index contributed by atoms with van der Waals surface area (Å²) in [5, 5.41) is 0. The van der Waals surface area contributed by atoms with E-state index in [-0.39, 0.29) is 18.0 Å². The highest BCUT2D eigenvalue weighted by Crippen LogP contribution is 2.42. The van der Waals surface area contributed by atoms with Crippen molar-refractivity contribution in [3.63, 3.8) is 0 Å². The molecule has 2 rings (SSSR count). The van der Waals surface area contributed by atoms with Crippen molar-refractivity contribution in [3.05, 3.63) is 12.7 Å². The SMILES string of the molecule is C=CCC12COC(CCCCCCCC)N1C(CCCCCCCC)OC2. The first-order valence-electron chi connectivity index (χ1n) is 11.9. The Bertz CT molecular complexity index is 370. The van der Waals surface area contributed by atoms with Crippen LogP contribution in [0.4, 0.5) is 0 Å². The minimum Gasteiger partial charge on any atom is -0.361 e. The molecule has 0 bridgehead atoms. The van der Waals surface area contributed by atoms with Crippen LogP contribution in [0.3, 0.4) is 0 Å². The molecule has 2 aliphatic rings. The summed E-state index contributed by atoms with van der Waals surface area (Å²) in [7, 11) is 0. The molecule has 3 heteroatoms. The van der Waals surface area contributed by atoms with Crippen LogP contribution in [-0.2, 0) is 9.47 Å². The zero-order valence-electron chi connectivity index (χ0n) is 18.2. The number of rotatable bonds is 16. The first-order valence-corrected chi connectivity index (χ1v) is 11.9. The summed E-state index contributed by atoms with van der Waals surface area (Å²) < 4.78 is 12.6. The third-order valence-electron chi connectivity index (χ3n) is 6.39. The van der Waals surface area contributed by atoms with Crippen molar-refractivity contribution in [1.29, 1.82) is 0 Å². The molecule has 0 spiro atoms. The van der Waals surface area contributed by atoms with E-state index in [1.54, 1.807) is 0 Å². The Labute approximate surface area is 168 Å². The monoisotopic (exact) mass is 379 g/mol. The fourth-order valence-electron chi connectivity index (χ4n) is 4.79. The molecule has 0 aromatic carbocycles. The fraction of sp³-hybridized carbons (Fsp3) is 0.917. The predicted octanol–water partition coefficient (Wildman–Crippen LogP) is 6.82. The van der Waals surface area contributed by atoms with E-state index in [9.17, 15) is 0 Å². The second kappa shape index (κ2) is 13.0. The van der Waals surface area contributed by atoms with Gasteiger partial charge in [0.05, 0.1) is 18.8 Å². The topological polar surface area (TPSA) is 21.7 Å². The van der Waals surface area contributed by atoms with Gasteiger partial charge < -0.3 is 9.47 Å². The van der Waals surface area contributed by atoms with E-state index in [2.05, 4.69) is 31.4 Å². The largest absolute Gasteiger partial charge is 0.361 e. The molecule has 2 atom stereocenters. The van der Waals surface area contributed by atoms with Crippen molar-refractivity contribution in [2.75, 3.05) is 13.2 Å². The molecule has 0 N–H and O–H groups in total. The van der Waals surface area contributed by atoms with Crippen molar-refractivity contribution in [1.82, 2.24) is 4.90 Å². The number of ether oxygens (including phenoxy) is 2. The molecule has 3 nitrogen and oxygen atoms in total. The average molecular weight is 380 g/mol. The highest BCUT2D eigenvalue weighted by Gasteiger charge is 2.54. The van der Waals surface area contributed by atoms with Crippen LogP contribution in [0.15, 0.2) is 12.7 Å². The smallest absolute Gasteiger partial charge is 0.113 e. The molecule has 0 amide bonds. The van der Waals surface area contributed by atoms with Gasteiger partial charge >= 0.3 is 0 Å². The van der Waals surface area contributed by atoms with Crippen molar-refractivity contribution >= 4 is 0 Å². The minimum absolute atomic E-state index is 0.0570. The standard InChI is InChI=1S/C24H45NO2/c1-4-7-9-11-13-15-17-22-25-23(18-16-14-12-10-8-5-2)27-21-24(25,19-6-3)20-26-22/h6,22-23H,3-5,7-21H2,1-2H3. The molecular weight excluding hydrogens is 334 g/mol. The maximum absolute atomic E-state index is 6.29. The maximum Gasteiger partial charge on any atom is 0.113 e. The number of unbranched alkanes of at least 4 members (excludes halogenated alkanes) is 10. The lowest BCUT2D eigenvalue weighted by molar-refractivity contribution is -0.0656. The Balaban J connectivity index is 1.78. The molecule has 2 fully saturated rings. The normalized spacial score (nSPS) is 27.9. The Kier molecular flexibility index (Phi) is 11.0. The molecule has 27 heavy (non-hydrogen) atoms. The second-order valence-electron chi connectivity index (χ2n) is 8.77. The molecule has 2 unspecified atom stereocenters. The quantitative estimate of drug-likeness (QED) is 0.217. The summed E-state index contributed by atoms with van der Waals surface area (Å²) in [4.78, 5) is 2.60. The van der Waals surface area contributed by atoms with E-state index < -0.39 is 0 Å². The van der Waals surface area contributed by atoms with Gasteiger partial charge in [-0.2, -0.15) is 0 Å². The van der Waals surface area contributed by atoms with Crippen LogP contribution < -0.4 is 0 Å². The van der Waals surface area contributed by atoms with Crippen LogP contribution in [0.2, 0.25) is 0 Å². The molecule has 0 aliphatic carbocycles. The average Bonchev–Trinajstić information content (AvgIpc) is 3.19. The molecule has 2 aliphatic heterocycles. The van der Waals surface area contributed by atoms with Crippen molar-refractivity contribution in [2.24, 2.45) is 0 Å². The lowest BCUT2D eigenvalue weighted by Gasteiger charge is -2.33. The van der Waals surface area contributed by atoms with E-state index in [0.717, 1.165) is 32.5 Å². The van der Waals surface area contributed by atoms with Gasteiger partial charge in [0.25, 0.3) is 0 Å². The van der Waals surface area contributed by atoms with Gasteiger partial charge in [-0.05, 0) is 32.1 Å². The van der Waals surface area contributed by atoms with Gasteiger partial charge in [-0.15, -0.1) is 6.58 Å². The summed E-state index contributed by atoms with van der Waals surface area (Å²) >= 11 is 0. The Hall–Kier alpha value is -0.380. The number of nitrogens with zero attached hydrogens (tertiary/aromatic N) is 1. The zero-order chi connectivity index (χ0) is 19.4. The van der Waals surface area contributed by atoms with Crippen LogP contribution in [-0.4, -0.2) is 36.1 Å². The van der Waals surface area contributed by atoms with Crippen molar-refractivity contribution < 1.29 is 9.47 Å². The first kappa shape index (κ1) is 22.9. The van der Waals surface area contributed by atoms with Gasteiger partial charge in [-0.25, -0.2) is 4.90 Å². The molecule has 0 aromatic heterocycles. The van der Waals surface area contributed by atoms with Crippen molar-refractivity contribution in [2.45, 2.75) is 128 Å². The van der Waals surface area contributed by atoms with Crippen LogP contribution >= 0.6 is 0 Å². The lowest BCUT2D eigenvalue weighted by atomic mass is 9.96. The van der Waals surface area contributed by atoms with E-state index in [4.69, 9.17) is 9.47 Å². The van der Waals surface area contributed by atoms with E-state index in [1.807, 2.05) is 0 Å². The summed E-state index contributed by atoms with van der Waals surface area (Å²) in [6.45, 7) is 10.2. The van der Waals surface area contributed by atoms with Crippen molar-refractivity contribution in [3.8, 4) is 0 Å². The number of fused-ring (bicyclic) bond motifs is 1. The summed E-state index contributed by atoms with van der Waals surface area (Å²) in [5.41, 5.74) is 0.0570. The van der Waals surface area contributed by atoms with Gasteiger partial charge in [-0.3, -0.25) is 0 Å². The van der Waals surface area contributed by atoms with Gasteiger partial charge in [0.15, 0.2) is 0 Å². The number of hydrogen-bond donors (Lipinski definition) is 0. The summed E-state index contributed by atoms with van der Waals surface area (Å²) in [5.74, 6) is 0. The van der Waals surface area contributed by atoms with Crippen LogP contribution in [0.25, 0.3) is 0 Å². The lowest BCUT2D eigenvalue weighted by Crippen LogP contribution is -2.48. The molecule has 0 radical (unpaired) electrons. The van der Waals surface area contributed by atoms with E-state index >= 15 is 0 Å². The highest BCUT2D eigenvalue weighted by atomic mass is 16.6. The molecule has 0 aromatic rings. The predicted molar refractivity (Wildman–Crippen MR) is 115 cm³/mol. The number of hydrogen-bond acceptors (Lipinski definition) is 3. The van der Waals surface area contributed by atoms with Crippen LogP contribution in [0.5, 0.6) is 0 Å². The highest BCUT2D eigenvalue weighted by molar-refractivity contribution is 5.05. The minimum atomic E-state index is 0.0570. The van der Waals surface area contributed by atoms with Crippen LogP contribution in [0.1, 0.15) is 110 Å². The van der Waals surface area contributed by atoms with E-state index in [1.165, 1.54) is 77.0 Å². The maximum atomic E-state index is 6.29. The third kappa shape index (κ3) is 6.87. The summed E-state index contributed by atoms with van der Waals surface area (Å²) in [6.07, 6.45) is 22.0. The Morgan fingerprint density at radius 1 is 0.778 bits per heavy atom. The third-order valence-corrected chi connectivity index (χ3v) is 6.39. The van der Waals surface area contributed by atoms with Gasteiger partial charge in [-0.1, -0.05) is 84.1 Å². The van der Waals surface area contributed by atoms with E-state index in [0.29, 0.717) is 0 Å². The van der Waals surface area contributed by atoms with Gasteiger partial charge in [0.2, 0.25) is 0 Å². The Morgan fingerprint density at radius 2 is 1.22 bits per heavy atom. The molecule has 2 heterocycles. The van der Waals surface area contributed by atoms with Gasteiger partial charge in [0, 0.05) is 0 Å². The molecule has 158 valence electrons. The molecule has 0 saturated carbocycles. The first-order chi connectivity index (χ1) is 13.3. The zero-order valence-corrected chi connectivity index (χ0v) is 18.2.